The molecule has 0 spiro atoms. The molecule has 4 aromatic rings. The highest BCUT2D eigenvalue weighted by Crippen LogP contribution is 2.37. The number of aryl methyl sites for hydroxylation is 1. The maximum absolute atomic E-state index is 9.89. The molecule has 0 fully saturated rings. The fraction of sp³-hybridized carbons (Fsp3) is 0.0952. The van der Waals surface area contributed by atoms with Crippen LogP contribution >= 0.6 is 11.3 Å². The normalized spacial score (nSPS) is 15.8. The van der Waals surface area contributed by atoms with Gasteiger partial charge in [-0.25, -0.2) is 9.97 Å². The average molecular weight is 388 g/mol. The number of aliphatic hydroxyl groups excluding tert-OH is 2. The molecule has 1 atom stereocenters. The SMILES string of the molecule is Cc1ccc(-c2nc3c(nc2-c2ccc4ncccc4c2)C=C(O)C(O)N3)s1. The molecule has 3 N–H and O–H groups in total. The first-order chi connectivity index (χ1) is 13.6. The molecule has 0 aliphatic carbocycles. The van der Waals surface area contributed by atoms with Gasteiger partial charge in [0.1, 0.15) is 17.1 Å². The van der Waals surface area contributed by atoms with Gasteiger partial charge in [0.15, 0.2) is 12.0 Å². The number of pyridine rings is 1. The molecular formula is C21H16N4O2S. The zero-order valence-corrected chi connectivity index (χ0v) is 15.7. The first-order valence-corrected chi connectivity index (χ1v) is 9.59. The van der Waals surface area contributed by atoms with Crippen molar-refractivity contribution in [1.82, 2.24) is 15.0 Å². The molecule has 0 radical (unpaired) electrons. The van der Waals surface area contributed by atoms with Crippen molar-refractivity contribution in [2.75, 3.05) is 5.32 Å². The maximum atomic E-state index is 9.89. The van der Waals surface area contributed by atoms with E-state index in [1.807, 2.05) is 49.4 Å². The summed E-state index contributed by atoms with van der Waals surface area (Å²) in [5, 5.41) is 23.6. The summed E-state index contributed by atoms with van der Waals surface area (Å²) in [5.41, 5.74) is 3.76. The Hall–Kier alpha value is -3.29. The topological polar surface area (TPSA) is 91.2 Å². The lowest BCUT2D eigenvalue weighted by molar-refractivity contribution is 0.177. The second-order valence-electron chi connectivity index (χ2n) is 6.59. The Morgan fingerprint density at radius 3 is 2.79 bits per heavy atom. The summed E-state index contributed by atoms with van der Waals surface area (Å²) < 4.78 is 0. The Morgan fingerprint density at radius 1 is 1.07 bits per heavy atom. The van der Waals surface area contributed by atoms with Crippen molar-refractivity contribution in [3.63, 3.8) is 0 Å². The van der Waals surface area contributed by atoms with Crippen LogP contribution in [0.2, 0.25) is 0 Å². The Morgan fingerprint density at radius 2 is 1.96 bits per heavy atom. The number of benzene rings is 1. The van der Waals surface area contributed by atoms with E-state index >= 15 is 0 Å². The van der Waals surface area contributed by atoms with E-state index in [2.05, 4.69) is 10.3 Å². The van der Waals surface area contributed by atoms with Crippen molar-refractivity contribution >= 4 is 34.1 Å². The molecule has 1 unspecified atom stereocenters. The number of nitrogens with one attached hydrogen (secondary N) is 1. The number of nitrogens with zero attached hydrogens (tertiary/aromatic N) is 3. The highest BCUT2D eigenvalue weighted by Gasteiger charge is 2.23. The molecule has 0 amide bonds. The van der Waals surface area contributed by atoms with Gasteiger partial charge in [0.2, 0.25) is 0 Å². The summed E-state index contributed by atoms with van der Waals surface area (Å²) in [6.07, 6.45) is 2.03. The first-order valence-electron chi connectivity index (χ1n) is 8.78. The third-order valence-electron chi connectivity index (χ3n) is 4.61. The van der Waals surface area contributed by atoms with E-state index in [0.717, 1.165) is 27.0 Å². The van der Waals surface area contributed by atoms with Gasteiger partial charge < -0.3 is 15.5 Å². The van der Waals surface area contributed by atoms with Crippen LogP contribution < -0.4 is 5.32 Å². The highest BCUT2D eigenvalue weighted by molar-refractivity contribution is 7.15. The van der Waals surface area contributed by atoms with Crippen LogP contribution in [0.3, 0.4) is 0 Å². The lowest BCUT2D eigenvalue weighted by Gasteiger charge is -2.21. The second-order valence-corrected chi connectivity index (χ2v) is 7.88. The van der Waals surface area contributed by atoms with Crippen molar-refractivity contribution in [3.8, 4) is 21.8 Å². The number of anilines is 1. The van der Waals surface area contributed by atoms with Crippen molar-refractivity contribution in [2.24, 2.45) is 0 Å². The van der Waals surface area contributed by atoms with Crippen LogP contribution in [0, 0.1) is 6.92 Å². The number of hydrogen-bond donors (Lipinski definition) is 3. The summed E-state index contributed by atoms with van der Waals surface area (Å²) in [6.45, 7) is 2.05. The summed E-state index contributed by atoms with van der Waals surface area (Å²) in [6, 6.07) is 14.0. The Bertz CT molecular complexity index is 1250. The van der Waals surface area contributed by atoms with Gasteiger partial charge in [-0.2, -0.15) is 0 Å². The Balaban J connectivity index is 1.76. The fourth-order valence-electron chi connectivity index (χ4n) is 3.24. The zero-order chi connectivity index (χ0) is 19.3. The minimum Gasteiger partial charge on any atom is -0.507 e. The van der Waals surface area contributed by atoms with E-state index in [-0.39, 0.29) is 5.76 Å². The molecule has 3 aromatic heterocycles. The van der Waals surface area contributed by atoms with Gasteiger partial charge in [-0.05, 0) is 37.3 Å². The van der Waals surface area contributed by atoms with E-state index in [1.54, 1.807) is 17.5 Å². The zero-order valence-electron chi connectivity index (χ0n) is 14.9. The van der Waals surface area contributed by atoms with Crippen molar-refractivity contribution in [2.45, 2.75) is 13.2 Å². The summed E-state index contributed by atoms with van der Waals surface area (Å²) in [4.78, 5) is 16.1. The predicted octanol–water partition coefficient (Wildman–Crippen LogP) is 4.37. The molecular weight excluding hydrogens is 372 g/mol. The van der Waals surface area contributed by atoms with Gasteiger partial charge in [-0.1, -0.05) is 12.1 Å². The smallest absolute Gasteiger partial charge is 0.184 e. The van der Waals surface area contributed by atoms with E-state index in [4.69, 9.17) is 9.97 Å². The number of rotatable bonds is 2. The second kappa shape index (κ2) is 6.40. The molecule has 28 heavy (non-hydrogen) atoms. The third kappa shape index (κ3) is 2.81. The number of thiophene rings is 1. The van der Waals surface area contributed by atoms with Crippen LogP contribution in [0.4, 0.5) is 5.82 Å². The number of hydrogen-bond acceptors (Lipinski definition) is 7. The number of aliphatic hydroxyl groups is 2. The van der Waals surface area contributed by atoms with Gasteiger partial charge in [0.05, 0.1) is 16.1 Å². The van der Waals surface area contributed by atoms with Gasteiger partial charge in [0.25, 0.3) is 0 Å². The number of aromatic nitrogens is 3. The van der Waals surface area contributed by atoms with Crippen LogP contribution in [0.1, 0.15) is 10.6 Å². The Kier molecular flexibility index (Phi) is 3.85. The van der Waals surface area contributed by atoms with Crippen LogP contribution in [0.5, 0.6) is 0 Å². The highest BCUT2D eigenvalue weighted by atomic mass is 32.1. The largest absolute Gasteiger partial charge is 0.507 e. The lowest BCUT2D eigenvalue weighted by Crippen LogP contribution is -2.26. The van der Waals surface area contributed by atoms with Crippen molar-refractivity contribution in [1.29, 1.82) is 0 Å². The molecule has 4 heterocycles. The standard InChI is InChI=1S/C21H16N4O2S/c1-11-4-7-17(28-11)19-18(13-5-6-14-12(9-13)3-2-8-22-14)23-15-10-16(26)21(27)25-20(15)24-19/h2-10,21,26-27H,1H3,(H,24,25). The molecule has 1 aliphatic rings. The van der Waals surface area contributed by atoms with Crippen LogP contribution in [-0.2, 0) is 0 Å². The molecule has 5 rings (SSSR count). The molecule has 1 aromatic carbocycles. The van der Waals surface area contributed by atoms with Crippen LogP contribution in [0.15, 0.2) is 54.4 Å². The van der Waals surface area contributed by atoms with Gasteiger partial charge in [0, 0.05) is 28.1 Å². The molecule has 7 heteroatoms. The predicted molar refractivity (Wildman–Crippen MR) is 111 cm³/mol. The monoisotopic (exact) mass is 388 g/mol. The third-order valence-corrected chi connectivity index (χ3v) is 5.62. The van der Waals surface area contributed by atoms with E-state index < -0.39 is 6.23 Å². The average Bonchev–Trinajstić information content (AvgIpc) is 3.14. The summed E-state index contributed by atoms with van der Waals surface area (Å²) in [7, 11) is 0. The molecule has 0 saturated carbocycles. The molecule has 6 nitrogen and oxygen atoms in total. The van der Waals surface area contributed by atoms with Crippen molar-refractivity contribution in [3.05, 3.63) is 65.0 Å². The summed E-state index contributed by atoms with van der Waals surface area (Å²) in [5.74, 6) is 0.257. The molecule has 0 saturated heterocycles. The molecule has 138 valence electrons. The van der Waals surface area contributed by atoms with Gasteiger partial charge in [-0.15, -0.1) is 11.3 Å². The minimum atomic E-state index is -1.18. The maximum Gasteiger partial charge on any atom is 0.184 e. The Labute approximate surface area is 164 Å². The van der Waals surface area contributed by atoms with Gasteiger partial charge >= 0.3 is 0 Å². The van der Waals surface area contributed by atoms with E-state index in [0.29, 0.717) is 17.2 Å². The fourth-order valence-corrected chi connectivity index (χ4v) is 4.09. The number of fused-ring (bicyclic) bond motifs is 2. The van der Waals surface area contributed by atoms with Gasteiger partial charge in [-0.3, -0.25) is 4.98 Å². The first kappa shape index (κ1) is 16.9. The van der Waals surface area contributed by atoms with Crippen LogP contribution in [-0.4, -0.2) is 31.4 Å². The molecule has 1 aliphatic heterocycles. The van der Waals surface area contributed by atoms with Crippen LogP contribution in [0.25, 0.3) is 38.8 Å². The van der Waals surface area contributed by atoms with E-state index in [9.17, 15) is 10.2 Å². The lowest BCUT2D eigenvalue weighted by atomic mass is 10.0. The quantitative estimate of drug-likeness (QED) is 0.472. The minimum absolute atomic E-state index is 0.185. The molecule has 0 bridgehead atoms. The summed E-state index contributed by atoms with van der Waals surface area (Å²) >= 11 is 1.64. The van der Waals surface area contributed by atoms with Crippen molar-refractivity contribution < 1.29 is 10.2 Å². The van der Waals surface area contributed by atoms with E-state index in [1.165, 1.54) is 11.0 Å².